The molecule has 0 aromatic carbocycles. The summed E-state index contributed by atoms with van der Waals surface area (Å²) in [4.78, 5) is 14.7. The van der Waals surface area contributed by atoms with Gasteiger partial charge in [-0.2, -0.15) is 4.39 Å². The van der Waals surface area contributed by atoms with Crippen LogP contribution in [-0.2, 0) is 0 Å². The van der Waals surface area contributed by atoms with Gasteiger partial charge in [-0.15, -0.1) is 0 Å². The Balaban J connectivity index is 2.09. The highest BCUT2D eigenvalue weighted by atomic mass is 79.9. The molecule has 1 aromatic rings. The van der Waals surface area contributed by atoms with Crippen LogP contribution in [0.4, 0.5) is 9.18 Å². The summed E-state index contributed by atoms with van der Waals surface area (Å²) in [5, 5.41) is 11.7. The maximum atomic E-state index is 13.1. The largest absolute Gasteiger partial charge is 0.491 e. The smallest absolute Gasteiger partial charge is 0.404 e. The van der Waals surface area contributed by atoms with Gasteiger partial charge in [0.1, 0.15) is 5.75 Å². The van der Waals surface area contributed by atoms with Crippen LogP contribution in [0, 0.1) is 16.8 Å². The van der Waals surface area contributed by atoms with Gasteiger partial charge in [0.2, 0.25) is 5.95 Å². The summed E-state index contributed by atoms with van der Waals surface area (Å²) in [6.07, 6.45) is 2.08. The van der Waals surface area contributed by atoms with Crippen molar-refractivity contribution in [3.8, 4) is 5.75 Å². The van der Waals surface area contributed by atoms with Gasteiger partial charge in [-0.25, -0.2) is 9.78 Å². The fourth-order valence-electron chi connectivity index (χ4n) is 2.80. The number of ether oxygens (including phenoxy) is 1. The van der Waals surface area contributed by atoms with Gasteiger partial charge in [-0.05, 0) is 34.2 Å². The van der Waals surface area contributed by atoms with Crippen molar-refractivity contribution in [3.63, 3.8) is 0 Å². The Bertz CT molecular complexity index is 570. The van der Waals surface area contributed by atoms with E-state index in [1.165, 1.54) is 12.3 Å². The summed E-state index contributed by atoms with van der Waals surface area (Å²) in [5.41, 5.74) is -0.447. The molecule has 0 spiro atoms. The van der Waals surface area contributed by atoms with Crippen LogP contribution < -0.4 is 10.1 Å². The van der Waals surface area contributed by atoms with Gasteiger partial charge in [0, 0.05) is 17.5 Å². The molecule has 1 heterocycles. The van der Waals surface area contributed by atoms with Crippen molar-refractivity contribution in [3.05, 3.63) is 22.7 Å². The first-order chi connectivity index (χ1) is 10.1. The van der Waals surface area contributed by atoms with E-state index in [0.29, 0.717) is 12.4 Å². The third kappa shape index (κ3) is 3.88. The van der Waals surface area contributed by atoms with Crippen molar-refractivity contribution in [2.75, 3.05) is 6.61 Å². The van der Waals surface area contributed by atoms with Gasteiger partial charge >= 0.3 is 6.09 Å². The molecule has 1 fully saturated rings. The highest BCUT2D eigenvalue weighted by molar-refractivity contribution is 9.10. The van der Waals surface area contributed by atoms with Crippen LogP contribution >= 0.6 is 15.9 Å². The first kappa shape index (κ1) is 17.0. The molecule has 1 amide bonds. The van der Waals surface area contributed by atoms with Crippen molar-refractivity contribution < 1.29 is 19.0 Å². The van der Waals surface area contributed by atoms with E-state index in [1.54, 1.807) is 0 Å². The molecule has 1 aliphatic carbocycles. The first-order valence-corrected chi connectivity index (χ1v) is 7.87. The highest BCUT2D eigenvalue weighted by Crippen LogP contribution is 2.53. The minimum absolute atomic E-state index is 0.214. The van der Waals surface area contributed by atoms with Crippen molar-refractivity contribution in [1.82, 2.24) is 10.3 Å². The average Bonchev–Trinajstić information content (AvgIpc) is 3.17. The molecule has 1 atom stereocenters. The second-order valence-electron chi connectivity index (χ2n) is 6.84. The number of nitrogens with zero attached hydrogens (tertiary/aromatic N) is 1. The number of aromatic nitrogens is 1. The third-order valence-corrected chi connectivity index (χ3v) is 4.49. The van der Waals surface area contributed by atoms with Crippen LogP contribution in [0.25, 0.3) is 0 Å². The maximum absolute atomic E-state index is 13.1. The predicted molar refractivity (Wildman–Crippen MR) is 83.5 cm³/mol. The molecule has 22 heavy (non-hydrogen) atoms. The van der Waals surface area contributed by atoms with E-state index in [2.05, 4.69) is 26.2 Å². The molecule has 122 valence electrons. The molecule has 2 rings (SSSR count). The Labute approximate surface area is 137 Å². The number of pyridine rings is 1. The lowest BCUT2D eigenvalue weighted by atomic mass is 9.77. The van der Waals surface area contributed by atoms with E-state index < -0.39 is 12.0 Å². The van der Waals surface area contributed by atoms with Crippen LogP contribution in [0.2, 0.25) is 0 Å². The zero-order valence-corrected chi connectivity index (χ0v) is 14.4. The van der Waals surface area contributed by atoms with E-state index >= 15 is 0 Å². The molecular formula is C15H20BrFN2O3. The molecule has 0 saturated heterocycles. The topological polar surface area (TPSA) is 71.5 Å². The second-order valence-corrected chi connectivity index (χ2v) is 7.70. The van der Waals surface area contributed by atoms with Gasteiger partial charge < -0.3 is 15.2 Å². The zero-order valence-electron chi connectivity index (χ0n) is 12.8. The van der Waals surface area contributed by atoms with Crippen molar-refractivity contribution in [2.24, 2.45) is 10.8 Å². The fraction of sp³-hybridized carbons (Fsp3) is 0.600. The lowest BCUT2D eigenvalue weighted by molar-refractivity contribution is 0.110. The van der Waals surface area contributed by atoms with Crippen LogP contribution in [0.15, 0.2) is 16.7 Å². The Morgan fingerprint density at radius 3 is 2.68 bits per heavy atom. The SMILES string of the molecule is CC(C)(C)C(NC(=O)O)C1(COc2cnc(F)c(Br)c2)CC1. The molecule has 1 unspecified atom stereocenters. The summed E-state index contributed by atoms with van der Waals surface area (Å²) < 4.78 is 19.1. The summed E-state index contributed by atoms with van der Waals surface area (Å²) in [6.45, 7) is 6.38. The van der Waals surface area contributed by atoms with E-state index in [4.69, 9.17) is 9.84 Å². The Morgan fingerprint density at radius 1 is 1.59 bits per heavy atom. The quantitative estimate of drug-likeness (QED) is 0.768. The van der Waals surface area contributed by atoms with Gasteiger partial charge in [-0.3, -0.25) is 0 Å². The van der Waals surface area contributed by atoms with Crippen LogP contribution in [-0.4, -0.2) is 28.8 Å². The lowest BCUT2D eigenvalue weighted by Gasteiger charge is -2.37. The number of rotatable bonds is 5. The molecule has 1 aromatic heterocycles. The summed E-state index contributed by atoms with van der Waals surface area (Å²) in [6, 6.07) is 1.31. The monoisotopic (exact) mass is 374 g/mol. The highest BCUT2D eigenvalue weighted by Gasteiger charge is 2.54. The van der Waals surface area contributed by atoms with Gasteiger partial charge in [0.05, 0.1) is 17.3 Å². The fourth-order valence-corrected chi connectivity index (χ4v) is 3.13. The summed E-state index contributed by atoms with van der Waals surface area (Å²) >= 11 is 3.07. The Kier molecular flexibility index (Phi) is 4.65. The summed E-state index contributed by atoms with van der Waals surface area (Å²) in [7, 11) is 0. The predicted octanol–water partition coefficient (Wildman–Crippen LogP) is 3.82. The standard InChI is InChI=1S/C15H20BrFN2O3/c1-14(2,3)12(19-13(20)21)15(4-5-15)8-22-9-6-10(16)11(17)18-7-9/h6-7,12,19H,4-5,8H2,1-3H3,(H,20,21). The molecule has 7 heteroatoms. The number of carboxylic acid groups (broad SMARTS) is 1. The van der Waals surface area contributed by atoms with Crippen LogP contribution in [0.1, 0.15) is 33.6 Å². The molecule has 1 saturated carbocycles. The average molecular weight is 375 g/mol. The Hall–Kier alpha value is -1.37. The minimum atomic E-state index is -1.03. The summed E-state index contributed by atoms with van der Waals surface area (Å²) in [5.74, 6) is -0.129. The molecule has 5 nitrogen and oxygen atoms in total. The lowest BCUT2D eigenvalue weighted by Crippen LogP contribution is -2.51. The number of carbonyl (C=O) groups is 1. The third-order valence-electron chi connectivity index (χ3n) is 3.94. The van der Waals surface area contributed by atoms with E-state index in [9.17, 15) is 9.18 Å². The number of nitrogens with one attached hydrogen (secondary N) is 1. The van der Waals surface area contributed by atoms with E-state index in [-0.39, 0.29) is 21.3 Å². The molecular weight excluding hydrogens is 355 g/mol. The van der Waals surface area contributed by atoms with Crippen LogP contribution in [0.3, 0.4) is 0 Å². The van der Waals surface area contributed by atoms with Gasteiger partial charge in [0.15, 0.2) is 0 Å². The van der Waals surface area contributed by atoms with Crippen molar-refractivity contribution in [1.29, 1.82) is 0 Å². The van der Waals surface area contributed by atoms with Crippen molar-refractivity contribution in [2.45, 2.75) is 39.7 Å². The molecule has 0 radical (unpaired) electrons. The van der Waals surface area contributed by atoms with E-state index in [1.807, 2.05) is 20.8 Å². The molecule has 0 bridgehead atoms. The van der Waals surface area contributed by atoms with Crippen LogP contribution in [0.5, 0.6) is 5.75 Å². The Morgan fingerprint density at radius 2 is 2.23 bits per heavy atom. The minimum Gasteiger partial charge on any atom is -0.491 e. The number of hydrogen-bond donors (Lipinski definition) is 2. The number of amides is 1. The van der Waals surface area contributed by atoms with Gasteiger partial charge in [0.25, 0.3) is 0 Å². The zero-order chi connectivity index (χ0) is 16.5. The normalized spacial score (nSPS) is 17.7. The number of hydrogen-bond acceptors (Lipinski definition) is 3. The number of halogens is 2. The molecule has 0 aliphatic heterocycles. The van der Waals surface area contributed by atoms with E-state index in [0.717, 1.165) is 12.8 Å². The van der Waals surface area contributed by atoms with Gasteiger partial charge in [-0.1, -0.05) is 20.8 Å². The maximum Gasteiger partial charge on any atom is 0.404 e. The van der Waals surface area contributed by atoms with Crippen molar-refractivity contribution >= 4 is 22.0 Å². The first-order valence-electron chi connectivity index (χ1n) is 7.07. The molecule has 2 N–H and O–H groups in total. The molecule has 1 aliphatic rings. The second kappa shape index (κ2) is 6.02.